The molecule has 0 aliphatic carbocycles. The van der Waals surface area contributed by atoms with E-state index in [9.17, 15) is 0 Å². The lowest BCUT2D eigenvalue weighted by Gasteiger charge is -1.93. The average molecular weight is 289 g/mol. The lowest BCUT2D eigenvalue weighted by Crippen LogP contribution is -1.81. The van der Waals surface area contributed by atoms with Crippen LogP contribution in [0.25, 0.3) is 11.5 Å². The number of anilines is 1. The van der Waals surface area contributed by atoms with Gasteiger partial charge < -0.3 is 10.2 Å². The monoisotopic (exact) mass is 289 g/mol. The van der Waals surface area contributed by atoms with Crippen LogP contribution in [0.1, 0.15) is 5.69 Å². The summed E-state index contributed by atoms with van der Waals surface area (Å²) in [5.74, 6) is 1.40. The van der Waals surface area contributed by atoms with Crippen molar-refractivity contribution in [1.29, 1.82) is 0 Å². The molecule has 3 rings (SSSR count). The van der Waals surface area contributed by atoms with Gasteiger partial charge in [0.2, 0.25) is 5.89 Å². The zero-order valence-corrected chi connectivity index (χ0v) is 11.6. The molecule has 0 unspecified atom stereocenters. The van der Waals surface area contributed by atoms with Crippen molar-refractivity contribution in [2.45, 2.75) is 9.96 Å². The Morgan fingerprint density at radius 2 is 2.11 bits per heavy atom. The fraction of sp³-hybridized carbons (Fsp3) is 0.0769. The van der Waals surface area contributed by atoms with E-state index in [1.807, 2.05) is 30.3 Å². The molecule has 0 aliphatic rings. The topological polar surface area (TPSA) is 64.9 Å². The summed E-state index contributed by atoms with van der Waals surface area (Å²) in [6.45, 7) is 0. The van der Waals surface area contributed by atoms with Gasteiger partial charge in [-0.2, -0.15) is 0 Å². The zero-order chi connectivity index (χ0) is 13.1. The molecule has 6 heteroatoms. The maximum Gasteiger partial charge on any atom is 0.226 e. The first-order valence-corrected chi connectivity index (χ1v) is 7.45. The van der Waals surface area contributed by atoms with E-state index in [1.54, 1.807) is 24.2 Å². The summed E-state index contributed by atoms with van der Waals surface area (Å²) in [5, 5.41) is 0.590. The number of hydrogen-bond acceptors (Lipinski definition) is 6. The molecule has 0 fully saturated rings. The highest BCUT2D eigenvalue weighted by atomic mass is 32.2. The minimum Gasteiger partial charge on any atom is -0.444 e. The third kappa shape index (κ3) is 2.97. The minimum atomic E-state index is 0.590. The number of nitrogens with two attached hydrogens (primary N) is 1. The molecule has 0 radical (unpaired) electrons. The molecule has 0 amide bonds. The number of oxazole rings is 1. The Balaban J connectivity index is 1.68. The van der Waals surface area contributed by atoms with Gasteiger partial charge in [-0.1, -0.05) is 29.5 Å². The van der Waals surface area contributed by atoms with Crippen molar-refractivity contribution < 1.29 is 4.42 Å². The van der Waals surface area contributed by atoms with Crippen LogP contribution in [0.15, 0.2) is 51.4 Å². The third-order valence-electron chi connectivity index (χ3n) is 2.44. The van der Waals surface area contributed by atoms with Crippen molar-refractivity contribution in [3.05, 3.63) is 48.5 Å². The van der Waals surface area contributed by atoms with Crippen LogP contribution in [-0.4, -0.2) is 9.97 Å². The Kier molecular flexibility index (Phi) is 3.52. The molecule has 2 heterocycles. The SMILES string of the molecule is Nc1ncc(SCc2coc(-c3ccccc3)n2)s1. The van der Waals surface area contributed by atoms with Crippen LogP contribution in [0, 0.1) is 0 Å². The van der Waals surface area contributed by atoms with Crippen molar-refractivity contribution in [3.63, 3.8) is 0 Å². The first-order valence-electron chi connectivity index (χ1n) is 5.65. The van der Waals surface area contributed by atoms with E-state index in [0.717, 1.165) is 21.2 Å². The number of benzene rings is 1. The van der Waals surface area contributed by atoms with Crippen LogP contribution in [0.4, 0.5) is 5.13 Å². The van der Waals surface area contributed by atoms with Gasteiger partial charge in [-0.25, -0.2) is 9.97 Å². The molecular weight excluding hydrogens is 278 g/mol. The van der Waals surface area contributed by atoms with Gasteiger partial charge in [-0.3, -0.25) is 0 Å². The second kappa shape index (κ2) is 5.46. The van der Waals surface area contributed by atoms with Crippen LogP contribution in [0.5, 0.6) is 0 Å². The summed E-state index contributed by atoms with van der Waals surface area (Å²) in [6.07, 6.45) is 3.47. The van der Waals surface area contributed by atoms with Gasteiger partial charge in [0.05, 0.1) is 16.1 Å². The molecule has 0 bridgehead atoms. The minimum absolute atomic E-state index is 0.590. The fourth-order valence-corrected chi connectivity index (χ4v) is 3.21. The highest BCUT2D eigenvalue weighted by Gasteiger charge is 2.07. The highest BCUT2D eigenvalue weighted by Crippen LogP contribution is 2.29. The molecule has 2 aromatic heterocycles. The number of thiazole rings is 1. The second-order valence-electron chi connectivity index (χ2n) is 3.82. The normalized spacial score (nSPS) is 10.7. The van der Waals surface area contributed by atoms with Gasteiger partial charge in [-0.15, -0.1) is 11.8 Å². The zero-order valence-electron chi connectivity index (χ0n) is 9.95. The van der Waals surface area contributed by atoms with Crippen LogP contribution in [-0.2, 0) is 5.75 Å². The van der Waals surface area contributed by atoms with Gasteiger partial charge in [0.1, 0.15) is 6.26 Å². The van der Waals surface area contributed by atoms with E-state index in [0.29, 0.717) is 11.0 Å². The number of nitrogen functional groups attached to an aromatic ring is 1. The van der Waals surface area contributed by atoms with E-state index in [4.69, 9.17) is 10.2 Å². The van der Waals surface area contributed by atoms with Gasteiger partial charge in [0.15, 0.2) is 5.13 Å². The van der Waals surface area contributed by atoms with Crippen molar-refractivity contribution in [2.24, 2.45) is 0 Å². The summed E-state index contributed by atoms with van der Waals surface area (Å²) in [4.78, 5) is 8.48. The number of hydrogen-bond donors (Lipinski definition) is 1. The number of rotatable bonds is 4. The molecule has 0 saturated heterocycles. The summed E-state index contributed by atoms with van der Waals surface area (Å²) >= 11 is 3.14. The number of nitrogens with zero attached hydrogens (tertiary/aromatic N) is 2. The lowest BCUT2D eigenvalue weighted by molar-refractivity contribution is 0.573. The maximum absolute atomic E-state index is 5.59. The molecule has 0 atom stereocenters. The van der Waals surface area contributed by atoms with E-state index in [1.165, 1.54) is 11.3 Å². The largest absolute Gasteiger partial charge is 0.444 e. The van der Waals surface area contributed by atoms with Gasteiger partial charge in [-0.05, 0) is 12.1 Å². The smallest absolute Gasteiger partial charge is 0.226 e. The molecule has 19 heavy (non-hydrogen) atoms. The molecule has 96 valence electrons. The summed E-state index contributed by atoms with van der Waals surface area (Å²) in [6, 6.07) is 9.86. The Hall–Kier alpha value is -1.79. The summed E-state index contributed by atoms with van der Waals surface area (Å²) in [7, 11) is 0. The van der Waals surface area contributed by atoms with Crippen LogP contribution in [0.2, 0.25) is 0 Å². The Morgan fingerprint density at radius 1 is 1.26 bits per heavy atom. The van der Waals surface area contributed by atoms with Crippen molar-refractivity contribution in [1.82, 2.24) is 9.97 Å². The summed E-state index contributed by atoms with van der Waals surface area (Å²) < 4.78 is 6.57. The van der Waals surface area contributed by atoms with Crippen molar-refractivity contribution >= 4 is 28.2 Å². The van der Waals surface area contributed by atoms with E-state index >= 15 is 0 Å². The molecule has 0 saturated carbocycles. The molecule has 0 aliphatic heterocycles. The Bertz CT molecular complexity index is 663. The average Bonchev–Trinajstić information content (AvgIpc) is 3.06. The predicted octanol–water partition coefficient (Wildman–Crippen LogP) is 3.67. The lowest BCUT2D eigenvalue weighted by atomic mass is 10.2. The van der Waals surface area contributed by atoms with Crippen LogP contribution >= 0.6 is 23.1 Å². The number of aromatic nitrogens is 2. The van der Waals surface area contributed by atoms with E-state index in [-0.39, 0.29) is 0 Å². The van der Waals surface area contributed by atoms with Crippen molar-refractivity contribution in [3.8, 4) is 11.5 Å². The fourth-order valence-electron chi connectivity index (χ4n) is 1.57. The maximum atomic E-state index is 5.59. The van der Waals surface area contributed by atoms with Crippen LogP contribution < -0.4 is 5.73 Å². The standard InChI is InChI=1S/C13H11N3OS2/c14-13-15-6-11(19-13)18-8-10-7-17-12(16-10)9-4-2-1-3-5-9/h1-7H,8H2,(H2,14,15). The molecular formula is C13H11N3OS2. The molecule has 1 aromatic carbocycles. The molecule has 4 nitrogen and oxygen atoms in total. The predicted molar refractivity (Wildman–Crippen MR) is 78.0 cm³/mol. The van der Waals surface area contributed by atoms with E-state index < -0.39 is 0 Å². The second-order valence-corrected chi connectivity index (χ2v) is 6.15. The Morgan fingerprint density at radius 3 is 2.84 bits per heavy atom. The van der Waals surface area contributed by atoms with Crippen molar-refractivity contribution in [2.75, 3.05) is 5.73 Å². The first-order chi connectivity index (χ1) is 9.31. The molecule has 3 aromatic rings. The van der Waals surface area contributed by atoms with Gasteiger partial charge >= 0.3 is 0 Å². The van der Waals surface area contributed by atoms with Crippen LogP contribution in [0.3, 0.4) is 0 Å². The first kappa shape index (κ1) is 12.3. The highest BCUT2D eigenvalue weighted by molar-refractivity contribution is 8.00. The third-order valence-corrected chi connectivity index (χ3v) is 4.49. The number of thioether (sulfide) groups is 1. The van der Waals surface area contributed by atoms with Gasteiger partial charge in [0.25, 0.3) is 0 Å². The van der Waals surface area contributed by atoms with E-state index in [2.05, 4.69) is 9.97 Å². The van der Waals surface area contributed by atoms with Gasteiger partial charge in [0, 0.05) is 11.3 Å². The summed E-state index contributed by atoms with van der Waals surface area (Å²) in [5.41, 5.74) is 7.49. The Labute approximate surface area is 118 Å². The molecule has 2 N–H and O–H groups in total. The quantitative estimate of drug-likeness (QED) is 0.742. The molecule has 0 spiro atoms.